The van der Waals surface area contributed by atoms with Gasteiger partial charge in [-0.3, -0.25) is 10.00 Å². The number of nitrogens with one attached hydrogen (secondary N) is 1. The summed E-state index contributed by atoms with van der Waals surface area (Å²) in [7, 11) is 2.04. The molecule has 0 aliphatic heterocycles. The minimum absolute atomic E-state index is 0.699. The van der Waals surface area contributed by atoms with Crippen molar-refractivity contribution in [2.24, 2.45) is 5.73 Å². The molecule has 0 saturated carbocycles. The van der Waals surface area contributed by atoms with E-state index in [0.717, 1.165) is 18.8 Å². The smallest absolute Gasteiger partial charge is 0.0492 e. The molecular formula is C7H14N4. The third-order valence-electron chi connectivity index (χ3n) is 1.51. The summed E-state index contributed by atoms with van der Waals surface area (Å²) in [6.45, 7) is 2.50. The standard InChI is InChI=1S/C7H14N4/c1-11(5-3-8)6-7-2-4-9-10-7/h2,4H,3,5-6,8H2,1H3,(H,9,10). The van der Waals surface area contributed by atoms with Crippen LogP contribution < -0.4 is 5.73 Å². The van der Waals surface area contributed by atoms with Gasteiger partial charge < -0.3 is 5.73 Å². The second-order valence-corrected chi connectivity index (χ2v) is 2.61. The molecule has 1 heterocycles. The van der Waals surface area contributed by atoms with E-state index in [1.807, 2.05) is 13.1 Å². The number of hydrogen-bond acceptors (Lipinski definition) is 3. The van der Waals surface area contributed by atoms with E-state index in [0.29, 0.717) is 6.54 Å². The van der Waals surface area contributed by atoms with Gasteiger partial charge in [-0.1, -0.05) is 0 Å². The van der Waals surface area contributed by atoms with Crippen LogP contribution in [-0.4, -0.2) is 35.2 Å². The molecule has 0 amide bonds. The van der Waals surface area contributed by atoms with Crippen molar-refractivity contribution in [2.75, 3.05) is 20.1 Å². The zero-order valence-corrected chi connectivity index (χ0v) is 6.75. The first-order valence-corrected chi connectivity index (χ1v) is 3.70. The van der Waals surface area contributed by atoms with E-state index in [9.17, 15) is 0 Å². The van der Waals surface area contributed by atoms with Crippen molar-refractivity contribution in [1.29, 1.82) is 0 Å². The van der Waals surface area contributed by atoms with Crippen molar-refractivity contribution in [3.63, 3.8) is 0 Å². The van der Waals surface area contributed by atoms with E-state index < -0.39 is 0 Å². The van der Waals surface area contributed by atoms with Crippen LogP contribution in [-0.2, 0) is 6.54 Å². The average molecular weight is 154 g/mol. The van der Waals surface area contributed by atoms with Gasteiger partial charge in [0.1, 0.15) is 0 Å². The fourth-order valence-corrected chi connectivity index (χ4v) is 0.963. The van der Waals surface area contributed by atoms with Gasteiger partial charge in [0.05, 0.1) is 0 Å². The normalized spacial score (nSPS) is 10.8. The maximum atomic E-state index is 5.39. The van der Waals surface area contributed by atoms with Gasteiger partial charge in [-0.05, 0) is 13.1 Å². The fourth-order valence-electron chi connectivity index (χ4n) is 0.963. The number of rotatable bonds is 4. The molecule has 0 fully saturated rings. The first-order valence-electron chi connectivity index (χ1n) is 3.70. The van der Waals surface area contributed by atoms with Crippen molar-refractivity contribution in [3.8, 4) is 0 Å². The highest BCUT2D eigenvalue weighted by Crippen LogP contribution is 1.95. The highest BCUT2D eigenvalue weighted by molar-refractivity contribution is 4.96. The van der Waals surface area contributed by atoms with Crippen LogP contribution in [0.2, 0.25) is 0 Å². The molecule has 0 radical (unpaired) electrons. The number of likely N-dealkylation sites (N-methyl/N-ethyl adjacent to an activating group) is 1. The number of nitrogens with zero attached hydrogens (tertiary/aromatic N) is 2. The van der Waals surface area contributed by atoms with Crippen molar-refractivity contribution < 1.29 is 0 Å². The highest BCUT2D eigenvalue weighted by atomic mass is 15.2. The summed E-state index contributed by atoms with van der Waals surface area (Å²) in [5, 5.41) is 6.75. The van der Waals surface area contributed by atoms with Crippen LogP contribution in [0.5, 0.6) is 0 Å². The fraction of sp³-hybridized carbons (Fsp3) is 0.571. The van der Waals surface area contributed by atoms with E-state index in [1.165, 1.54) is 0 Å². The van der Waals surface area contributed by atoms with E-state index in [4.69, 9.17) is 5.73 Å². The molecule has 3 N–H and O–H groups in total. The maximum Gasteiger partial charge on any atom is 0.0492 e. The molecule has 1 aromatic rings. The number of aromatic amines is 1. The minimum atomic E-state index is 0.699. The van der Waals surface area contributed by atoms with Crippen molar-refractivity contribution in [2.45, 2.75) is 6.54 Å². The molecular weight excluding hydrogens is 140 g/mol. The van der Waals surface area contributed by atoms with E-state index >= 15 is 0 Å². The predicted octanol–water partition coefficient (Wildman–Crippen LogP) is -0.200. The van der Waals surface area contributed by atoms with Gasteiger partial charge in [0.25, 0.3) is 0 Å². The van der Waals surface area contributed by atoms with Crippen LogP contribution in [0.1, 0.15) is 5.69 Å². The van der Waals surface area contributed by atoms with E-state index in [2.05, 4.69) is 15.1 Å². The number of H-pyrrole nitrogens is 1. The molecule has 0 spiro atoms. The Hall–Kier alpha value is -0.870. The third-order valence-corrected chi connectivity index (χ3v) is 1.51. The molecule has 4 heteroatoms. The van der Waals surface area contributed by atoms with Gasteiger partial charge in [-0.15, -0.1) is 0 Å². The van der Waals surface area contributed by atoms with Crippen LogP contribution in [0, 0.1) is 0 Å². The molecule has 1 aromatic heterocycles. The number of nitrogens with two attached hydrogens (primary N) is 1. The van der Waals surface area contributed by atoms with Crippen LogP contribution >= 0.6 is 0 Å². The lowest BCUT2D eigenvalue weighted by Gasteiger charge is -2.13. The Morgan fingerprint density at radius 1 is 1.73 bits per heavy atom. The zero-order chi connectivity index (χ0) is 8.10. The van der Waals surface area contributed by atoms with Crippen molar-refractivity contribution >= 4 is 0 Å². The second-order valence-electron chi connectivity index (χ2n) is 2.61. The summed E-state index contributed by atoms with van der Waals surface area (Å²) >= 11 is 0. The molecule has 0 aliphatic carbocycles. The van der Waals surface area contributed by atoms with Gasteiger partial charge in [0.15, 0.2) is 0 Å². The Kier molecular flexibility index (Phi) is 3.07. The maximum absolute atomic E-state index is 5.39. The summed E-state index contributed by atoms with van der Waals surface area (Å²) in [4.78, 5) is 2.15. The van der Waals surface area contributed by atoms with Crippen molar-refractivity contribution in [3.05, 3.63) is 18.0 Å². The Labute approximate surface area is 66.4 Å². The minimum Gasteiger partial charge on any atom is -0.329 e. The molecule has 62 valence electrons. The Morgan fingerprint density at radius 2 is 2.55 bits per heavy atom. The lowest BCUT2D eigenvalue weighted by molar-refractivity contribution is 0.332. The van der Waals surface area contributed by atoms with Gasteiger partial charge in [0, 0.05) is 31.5 Å². The van der Waals surface area contributed by atoms with E-state index in [-0.39, 0.29) is 0 Å². The highest BCUT2D eigenvalue weighted by Gasteiger charge is 1.98. The second kappa shape index (κ2) is 4.10. The monoisotopic (exact) mass is 154 g/mol. The van der Waals surface area contributed by atoms with E-state index in [1.54, 1.807) is 6.20 Å². The van der Waals surface area contributed by atoms with Gasteiger partial charge in [0.2, 0.25) is 0 Å². The Balaban J connectivity index is 2.31. The molecule has 0 atom stereocenters. The molecule has 0 saturated heterocycles. The first kappa shape index (κ1) is 8.23. The lowest BCUT2D eigenvalue weighted by atomic mass is 10.4. The van der Waals surface area contributed by atoms with Gasteiger partial charge >= 0.3 is 0 Å². The SMILES string of the molecule is CN(CCN)Cc1ccn[nH]1. The summed E-state index contributed by atoms with van der Waals surface area (Å²) in [6.07, 6.45) is 1.76. The molecule has 4 nitrogen and oxygen atoms in total. The molecule has 1 rings (SSSR count). The molecule has 0 aromatic carbocycles. The first-order chi connectivity index (χ1) is 5.33. The number of aromatic nitrogens is 2. The van der Waals surface area contributed by atoms with Crippen molar-refractivity contribution in [1.82, 2.24) is 15.1 Å². The number of hydrogen-bond donors (Lipinski definition) is 2. The van der Waals surface area contributed by atoms with Gasteiger partial charge in [-0.2, -0.15) is 5.10 Å². The molecule has 0 bridgehead atoms. The third kappa shape index (κ3) is 2.69. The molecule has 11 heavy (non-hydrogen) atoms. The Bertz CT molecular complexity index is 182. The average Bonchev–Trinajstić information content (AvgIpc) is 2.40. The van der Waals surface area contributed by atoms with Crippen LogP contribution in [0.4, 0.5) is 0 Å². The zero-order valence-electron chi connectivity index (χ0n) is 6.75. The summed E-state index contributed by atoms with van der Waals surface area (Å²) in [5.74, 6) is 0. The Morgan fingerprint density at radius 3 is 3.09 bits per heavy atom. The quantitative estimate of drug-likeness (QED) is 0.631. The van der Waals surface area contributed by atoms with Crippen LogP contribution in [0.3, 0.4) is 0 Å². The summed E-state index contributed by atoms with van der Waals surface area (Å²) < 4.78 is 0. The largest absolute Gasteiger partial charge is 0.329 e. The topological polar surface area (TPSA) is 57.9 Å². The molecule has 0 aliphatic rings. The predicted molar refractivity (Wildman–Crippen MR) is 44.0 cm³/mol. The summed E-state index contributed by atoms with van der Waals surface area (Å²) in [6, 6.07) is 1.97. The van der Waals surface area contributed by atoms with Crippen LogP contribution in [0.15, 0.2) is 12.3 Å². The molecule has 0 unspecified atom stereocenters. The summed E-state index contributed by atoms with van der Waals surface area (Å²) in [5.41, 5.74) is 6.52. The van der Waals surface area contributed by atoms with Gasteiger partial charge in [-0.25, -0.2) is 0 Å². The van der Waals surface area contributed by atoms with Crippen LogP contribution in [0.25, 0.3) is 0 Å². The lowest BCUT2D eigenvalue weighted by Crippen LogP contribution is -2.25.